The minimum Gasteiger partial charge on any atom is -0.481 e. The van der Waals surface area contributed by atoms with Gasteiger partial charge >= 0.3 is 5.97 Å². The Kier molecular flexibility index (Phi) is 6.03. The summed E-state index contributed by atoms with van der Waals surface area (Å²) in [6.07, 6.45) is 0.391. The lowest BCUT2D eigenvalue weighted by molar-refractivity contribution is -0.138. The van der Waals surface area contributed by atoms with Crippen molar-refractivity contribution in [1.29, 1.82) is 0 Å². The number of nitrogens with one attached hydrogen (secondary N) is 1. The third kappa shape index (κ3) is 8.23. The Morgan fingerprint density at radius 1 is 1.25 bits per heavy atom. The summed E-state index contributed by atoms with van der Waals surface area (Å²) in [5.74, 6) is -0.912. The fraction of sp³-hybridized carbons (Fsp3) is 0.818. The largest absolute Gasteiger partial charge is 0.481 e. The van der Waals surface area contributed by atoms with Crippen LogP contribution >= 0.6 is 0 Å². The molecule has 0 aliphatic carbocycles. The van der Waals surface area contributed by atoms with Gasteiger partial charge < -0.3 is 15.3 Å². The molecule has 2 N–H and O–H groups in total. The normalized spacial score (nSPS) is 11.2. The summed E-state index contributed by atoms with van der Waals surface area (Å²) in [7, 11) is 1.63. The number of hydrogen-bond acceptors (Lipinski definition) is 3. The van der Waals surface area contributed by atoms with Gasteiger partial charge in [0.2, 0.25) is 5.91 Å². The molecule has 0 unspecified atom stereocenters. The van der Waals surface area contributed by atoms with E-state index in [1.807, 2.05) is 20.8 Å². The van der Waals surface area contributed by atoms with E-state index < -0.39 is 5.97 Å². The second kappa shape index (κ2) is 6.48. The first-order chi connectivity index (χ1) is 7.22. The Morgan fingerprint density at radius 2 is 1.81 bits per heavy atom. The van der Waals surface area contributed by atoms with Gasteiger partial charge in [0.05, 0.1) is 6.42 Å². The van der Waals surface area contributed by atoms with Gasteiger partial charge in [-0.1, -0.05) is 0 Å². The van der Waals surface area contributed by atoms with Gasteiger partial charge in [-0.05, 0) is 20.8 Å². The standard InChI is InChI=1S/C11H22N2O3/c1-11(2,3)12-7-5-9(14)13(4)8-6-10(15)16/h12H,5-8H2,1-4H3,(H,15,16). The molecule has 0 atom stereocenters. The van der Waals surface area contributed by atoms with Crippen molar-refractivity contribution in [3.8, 4) is 0 Å². The second-order valence-corrected chi connectivity index (χ2v) is 4.89. The number of hydrogen-bond donors (Lipinski definition) is 2. The van der Waals surface area contributed by atoms with Crippen molar-refractivity contribution in [2.24, 2.45) is 0 Å². The lowest BCUT2D eigenvalue weighted by atomic mass is 10.1. The topological polar surface area (TPSA) is 69.6 Å². The number of nitrogens with zero attached hydrogens (tertiary/aromatic N) is 1. The molecule has 0 aliphatic rings. The molecule has 5 heteroatoms. The van der Waals surface area contributed by atoms with Crippen molar-refractivity contribution >= 4 is 11.9 Å². The van der Waals surface area contributed by atoms with Crippen molar-refractivity contribution in [3.63, 3.8) is 0 Å². The average Bonchev–Trinajstić information content (AvgIpc) is 2.11. The maximum Gasteiger partial charge on any atom is 0.305 e. The Balaban J connectivity index is 3.75. The highest BCUT2D eigenvalue weighted by Crippen LogP contribution is 1.99. The third-order valence-electron chi connectivity index (χ3n) is 2.08. The highest BCUT2D eigenvalue weighted by Gasteiger charge is 2.12. The summed E-state index contributed by atoms with van der Waals surface area (Å²) in [4.78, 5) is 23.3. The molecule has 0 aromatic heterocycles. The molecule has 94 valence electrons. The van der Waals surface area contributed by atoms with E-state index in [9.17, 15) is 9.59 Å². The molecule has 0 saturated heterocycles. The van der Waals surface area contributed by atoms with Crippen LogP contribution in [0.2, 0.25) is 0 Å². The minimum atomic E-state index is -0.882. The molecule has 1 amide bonds. The zero-order valence-electron chi connectivity index (χ0n) is 10.5. The number of carbonyl (C=O) groups excluding carboxylic acids is 1. The van der Waals surface area contributed by atoms with E-state index in [1.165, 1.54) is 4.90 Å². The summed E-state index contributed by atoms with van der Waals surface area (Å²) >= 11 is 0. The molecule has 0 fully saturated rings. The zero-order valence-corrected chi connectivity index (χ0v) is 10.5. The molecule has 5 nitrogen and oxygen atoms in total. The molecule has 0 aromatic rings. The van der Waals surface area contributed by atoms with Gasteiger partial charge in [0.25, 0.3) is 0 Å². The third-order valence-corrected chi connectivity index (χ3v) is 2.08. The van der Waals surface area contributed by atoms with Gasteiger partial charge in [0, 0.05) is 32.1 Å². The Bertz CT molecular complexity index is 246. The number of carboxylic acids is 1. The number of rotatable bonds is 6. The molecular formula is C11H22N2O3. The quantitative estimate of drug-likeness (QED) is 0.704. The van der Waals surface area contributed by atoms with Crippen molar-refractivity contribution in [3.05, 3.63) is 0 Å². The fourth-order valence-corrected chi connectivity index (χ4v) is 1.12. The number of amides is 1. The van der Waals surface area contributed by atoms with Crippen LogP contribution in [0, 0.1) is 0 Å². The molecule has 16 heavy (non-hydrogen) atoms. The van der Waals surface area contributed by atoms with Crippen LogP contribution in [0.25, 0.3) is 0 Å². The van der Waals surface area contributed by atoms with E-state index in [2.05, 4.69) is 5.32 Å². The smallest absolute Gasteiger partial charge is 0.305 e. The monoisotopic (exact) mass is 230 g/mol. The van der Waals surface area contributed by atoms with E-state index in [4.69, 9.17) is 5.11 Å². The van der Waals surface area contributed by atoms with Crippen LogP contribution in [-0.4, -0.2) is 47.6 Å². The Morgan fingerprint density at radius 3 is 2.25 bits per heavy atom. The summed E-state index contributed by atoms with van der Waals surface area (Å²) in [5, 5.41) is 11.7. The number of aliphatic carboxylic acids is 1. The molecule has 0 bridgehead atoms. The van der Waals surface area contributed by atoms with Crippen LogP contribution < -0.4 is 5.32 Å². The molecule has 0 aliphatic heterocycles. The van der Waals surface area contributed by atoms with Gasteiger partial charge in [-0.2, -0.15) is 0 Å². The Hall–Kier alpha value is -1.10. The van der Waals surface area contributed by atoms with Crippen molar-refractivity contribution < 1.29 is 14.7 Å². The molecule has 0 radical (unpaired) electrons. The lowest BCUT2D eigenvalue weighted by Gasteiger charge is -2.21. The van der Waals surface area contributed by atoms with Crippen LogP contribution in [0.4, 0.5) is 0 Å². The fourth-order valence-electron chi connectivity index (χ4n) is 1.12. The first-order valence-corrected chi connectivity index (χ1v) is 5.43. The summed E-state index contributed by atoms with van der Waals surface area (Å²) in [6, 6.07) is 0. The first-order valence-electron chi connectivity index (χ1n) is 5.43. The second-order valence-electron chi connectivity index (χ2n) is 4.89. The summed E-state index contributed by atoms with van der Waals surface area (Å²) < 4.78 is 0. The number of carboxylic acid groups (broad SMARTS) is 1. The van der Waals surface area contributed by atoms with Crippen LogP contribution in [0.3, 0.4) is 0 Å². The molecule has 0 spiro atoms. The maximum absolute atomic E-state index is 11.5. The van der Waals surface area contributed by atoms with E-state index in [-0.39, 0.29) is 24.4 Å². The highest BCUT2D eigenvalue weighted by molar-refractivity contribution is 5.76. The molecule has 0 saturated carbocycles. The maximum atomic E-state index is 11.5. The van der Waals surface area contributed by atoms with Crippen LogP contribution in [0.15, 0.2) is 0 Å². The van der Waals surface area contributed by atoms with Crippen LogP contribution in [-0.2, 0) is 9.59 Å². The SMILES string of the molecule is CN(CCC(=O)O)C(=O)CCNC(C)(C)C. The summed E-state index contributed by atoms with van der Waals surface area (Å²) in [5.41, 5.74) is -0.0000834. The van der Waals surface area contributed by atoms with Gasteiger partial charge in [0.1, 0.15) is 0 Å². The van der Waals surface area contributed by atoms with Crippen molar-refractivity contribution in [2.45, 2.75) is 39.2 Å². The molecule has 0 rings (SSSR count). The average molecular weight is 230 g/mol. The lowest BCUT2D eigenvalue weighted by Crippen LogP contribution is -2.39. The van der Waals surface area contributed by atoms with E-state index >= 15 is 0 Å². The van der Waals surface area contributed by atoms with Gasteiger partial charge in [0.15, 0.2) is 0 Å². The van der Waals surface area contributed by atoms with Gasteiger partial charge in [-0.3, -0.25) is 9.59 Å². The molecule has 0 heterocycles. The predicted molar refractivity (Wildman–Crippen MR) is 62.3 cm³/mol. The first kappa shape index (κ1) is 14.9. The molecular weight excluding hydrogens is 208 g/mol. The van der Waals surface area contributed by atoms with Gasteiger partial charge in [-0.15, -0.1) is 0 Å². The predicted octanol–water partition coefficient (Wildman–Crippen LogP) is 0.698. The van der Waals surface area contributed by atoms with E-state index in [1.54, 1.807) is 7.05 Å². The van der Waals surface area contributed by atoms with E-state index in [0.717, 1.165) is 0 Å². The zero-order chi connectivity index (χ0) is 12.8. The van der Waals surface area contributed by atoms with Crippen LogP contribution in [0.5, 0.6) is 0 Å². The van der Waals surface area contributed by atoms with Crippen molar-refractivity contribution in [2.75, 3.05) is 20.1 Å². The van der Waals surface area contributed by atoms with Gasteiger partial charge in [-0.25, -0.2) is 0 Å². The molecule has 0 aromatic carbocycles. The Labute approximate surface area is 96.8 Å². The summed E-state index contributed by atoms with van der Waals surface area (Å²) in [6.45, 7) is 6.98. The highest BCUT2D eigenvalue weighted by atomic mass is 16.4. The number of carbonyl (C=O) groups is 2. The van der Waals surface area contributed by atoms with Crippen molar-refractivity contribution in [1.82, 2.24) is 10.2 Å². The van der Waals surface area contributed by atoms with Crippen LogP contribution in [0.1, 0.15) is 33.6 Å². The van der Waals surface area contributed by atoms with E-state index in [0.29, 0.717) is 13.0 Å². The minimum absolute atomic E-state index is 0.0000834.